The normalized spacial score (nSPS) is 17.3. The number of nitriles is 1. The summed E-state index contributed by atoms with van der Waals surface area (Å²) in [5.74, 6) is 0. The van der Waals surface area contributed by atoms with E-state index in [9.17, 15) is 9.81 Å². The lowest BCUT2D eigenvalue weighted by atomic mass is 10.0. The molecule has 1 aromatic carbocycles. The second-order valence-corrected chi connectivity index (χ2v) is 7.92. The van der Waals surface area contributed by atoms with Crippen molar-refractivity contribution in [2.75, 3.05) is 26.3 Å². The van der Waals surface area contributed by atoms with Gasteiger partial charge in [0.05, 0.1) is 16.2 Å². The lowest BCUT2D eigenvalue weighted by Gasteiger charge is -2.13. The van der Waals surface area contributed by atoms with Crippen molar-refractivity contribution in [1.29, 1.82) is 5.26 Å². The first kappa shape index (κ1) is 19.6. The van der Waals surface area contributed by atoms with Gasteiger partial charge in [-0.2, -0.15) is 5.26 Å². The molecule has 1 N–H and O–H groups in total. The molecule has 3 heterocycles. The Hall–Kier alpha value is -3.31. The van der Waals surface area contributed by atoms with E-state index >= 15 is 0 Å². The molecule has 5 rings (SSSR count). The van der Waals surface area contributed by atoms with Crippen molar-refractivity contribution in [3.8, 4) is 17.2 Å². The van der Waals surface area contributed by atoms with Gasteiger partial charge < -0.3 is 9.29 Å². The highest BCUT2D eigenvalue weighted by Crippen LogP contribution is 2.25. The smallest absolute Gasteiger partial charge is 0.200 e. The summed E-state index contributed by atoms with van der Waals surface area (Å²) in [5.41, 5.74) is 6.05. The van der Waals surface area contributed by atoms with Gasteiger partial charge in [-0.1, -0.05) is 6.07 Å². The van der Waals surface area contributed by atoms with Crippen molar-refractivity contribution >= 4 is 23.8 Å². The summed E-state index contributed by atoms with van der Waals surface area (Å²) in [6, 6.07) is 9.52. The molecule has 3 aliphatic rings. The minimum Gasteiger partial charge on any atom is -0.368 e. The van der Waals surface area contributed by atoms with Crippen LogP contribution in [0.1, 0.15) is 5.56 Å². The van der Waals surface area contributed by atoms with E-state index in [4.69, 9.17) is 9.73 Å². The van der Waals surface area contributed by atoms with Gasteiger partial charge in [-0.05, 0) is 47.6 Å². The van der Waals surface area contributed by atoms with Crippen LogP contribution in [0.5, 0.6) is 0 Å². The first-order valence-corrected chi connectivity index (χ1v) is 10.8. The Morgan fingerprint density at radius 2 is 1.90 bits per heavy atom. The molecule has 1 aliphatic carbocycles. The third-order valence-electron chi connectivity index (χ3n) is 5.53. The molecule has 0 amide bonds. The van der Waals surface area contributed by atoms with Gasteiger partial charge >= 0.3 is 0 Å². The standard InChI is InChI=1S/C24H18N4O2S/c25-15-18-13-17(3-6-23(18)31-29)20-7-8-26-24-21(20)14-22(27-24)16-1-4-19(5-2-16)28-9-11-30-12-10-28/h1-8,13-14H,9-12H2/p+1. The van der Waals surface area contributed by atoms with Gasteiger partial charge in [0.2, 0.25) is 0 Å². The predicted octanol–water partition coefficient (Wildman–Crippen LogP) is 2.46. The van der Waals surface area contributed by atoms with Crippen molar-refractivity contribution in [3.63, 3.8) is 0 Å². The first-order chi connectivity index (χ1) is 15.3. The van der Waals surface area contributed by atoms with Crippen molar-refractivity contribution in [3.05, 3.63) is 82.3 Å². The van der Waals surface area contributed by atoms with Gasteiger partial charge in [-0.25, -0.2) is 14.6 Å². The lowest BCUT2D eigenvalue weighted by Crippen LogP contribution is -2.32. The Morgan fingerprint density at radius 3 is 2.65 bits per heavy atom. The molecule has 152 valence electrons. The molecule has 2 aliphatic heterocycles. The summed E-state index contributed by atoms with van der Waals surface area (Å²) in [7, 11) is 0. The molecule has 7 heteroatoms. The van der Waals surface area contributed by atoms with Gasteiger partial charge in [0.15, 0.2) is 24.3 Å². The molecule has 31 heavy (non-hydrogen) atoms. The second kappa shape index (κ2) is 8.44. The minimum absolute atomic E-state index is 0.438. The average Bonchev–Trinajstić information content (AvgIpc) is 3.29. The summed E-state index contributed by atoms with van der Waals surface area (Å²) in [6.45, 7) is 3.34. The molecular formula is C24H19N4O2S+. The molecule has 0 saturated carbocycles. The van der Waals surface area contributed by atoms with Crippen LogP contribution < -0.4 is 10.7 Å². The molecule has 0 bridgehead atoms. The first-order valence-electron chi connectivity index (χ1n) is 9.98. The summed E-state index contributed by atoms with van der Waals surface area (Å²) in [6.07, 6.45) is 12.2. The summed E-state index contributed by atoms with van der Waals surface area (Å²) >= 11 is 0.583. The van der Waals surface area contributed by atoms with E-state index in [0.29, 0.717) is 28.0 Å². The zero-order valence-electron chi connectivity index (χ0n) is 16.7. The fourth-order valence-corrected chi connectivity index (χ4v) is 4.24. The minimum atomic E-state index is 0.438. The Labute approximate surface area is 183 Å². The van der Waals surface area contributed by atoms with Crippen LogP contribution in [-0.2, 0) is 4.74 Å². The molecular weight excluding hydrogens is 408 g/mol. The number of nitrogens with zero attached hydrogens (tertiary/aromatic N) is 4. The molecule has 1 fully saturated rings. The maximum Gasteiger partial charge on any atom is 0.200 e. The molecule has 6 nitrogen and oxygen atoms in total. The van der Waals surface area contributed by atoms with E-state index in [0.717, 1.165) is 53.9 Å². The van der Waals surface area contributed by atoms with Gasteiger partial charge in [0, 0.05) is 41.2 Å². The van der Waals surface area contributed by atoms with Crippen molar-refractivity contribution in [2.45, 2.75) is 4.90 Å². The number of benzene rings is 1. The highest BCUT2D eigenvalue weighted by molar-refractivity contribution is 7.93. The molecule has 0 atom stereocenters. The van der Waals surface area contributed by atoms with Crippen LogP contribution in [0.2, 0.25) is 0 Å². The number of rotatable bonds is 2. The number of aromatic nitrogens is 1. The SMILES string of the molecule is N#Cc1cc(-c2ccnc3c2=CC(=C2C=CC(=[N+]4CCOCC4)C=C2)N=3)ccc1SO. The van der Waals surface area contributed by atoms with Gasteiger partial charge in [-0.3, -0.25) is 0 Å². The number of hydrogen-bond acceptors (Lipinski definition) is 6. The van der Waals surface area contributed by atoms with E-state index in [1.165, 1.54) is 5.71 Å². The number of allylic oxidation sites excluding steroid dienone is 6. The van der Waals surface area contributed by atoms with E-state index in [-0.39, 0.29) is 0 Å². The Morgan fingerprint density at radius 1 is 1.10 bits per heavy atom. The van der Waals surface area contributed by atoms with Gasteiger partial charge in [-0.15, -0.1) is 0 Å². The molecule has 0 unspecified atom stereocenters. The van der Waals surface area contributed by atoms with E-state index < -0.39 is 0 Å². The van der Waals surface area contributed by atoms with Gasteiger partial charge in [0.1, 0.15) is 19.3 Å². The van der Waals surface area contributed by atoms with E-state index in [1.54, 1.807) is 18.3 Å². The molecule has 0 radical (unpaired) electrons. The van der Waals surface area contributed by atoms with Crippen LogP contribution in [0.4, 0.5) is 0 Å². The van der Waals surface area contributed by atoms with Crippen LogP contribution >= 0.6 is 12.0 Å². The lowest BCUT2D eigenvalue weighted by molar-refractivity contribution is -0.547. The van der Waals surface area contributed by atoms with E-state index in [1.807, 2.05) is 18.2 Å². The maximum atomic E-state index is 9.39. The largest absolute Gasteiger partial charge is 0.368 e. The van der Waals surface area contributed by atoms with Gasteiger partial charge in [0.25, 0.3) is 0 Å². The average molecular weight is 428 g/mol. The Bertz CT molecular complexity index is 1340. The van der Waals surface area contributed by atoms with E-state index in [2.05, 4.69) is 39.9 Å². The third kappa shape index (κ3) is 3.77. The zero-order valence-corrected chi connectivity index (χ0v) is 17.5. The number of morpholine rings is 1. The Kier molecular flexibility index (Phi) is 5.35. The van der Waals surface area contributed by atoms with Crippen molar-refractivity contribution in [2.24, 2.45) is 4.99 Å². The van der Waals surface area contributed by atoms with Crippen LogP contribution in [0.3, 0.4) is 0 Å². The summed E-state index contributed by atoms with van der Waals surface area (Å²) < 4.78 is 17.1. The van der Waals surface area contributed by atoms with Crippen LogP contribution in [0, 0.1) is 11.3 Å². The summed E-state index contributed by atoms with van der Waals surface area (Å²) in [5, 5.41) is 10.3. The van der Waals surface area contributed by atoms with Crippen molar-refractivity contribution < 1.29 is 13.9 Å². The molecule has 1 saturated heterocycles. The molecule has 1 aromatic heterocycles. The van der Waals surface area contributed by atoms with Crippen LogP contribution in [0.25, 0.3) is 17.2 Å². The quantitative estimate of drug-likeness (QED) is 0.588. The number of ether oxygens (including phenoxy) is 1. The Balaban J connectivity index is 1.54. The number of hydrogen-bond donors (Lipinski definition) is 1. The predicted molar refractivity (Wildman–Crippen MR) is 119 cm³/mol. The fourth-order valence-electron chi connectivity index (χ4n) is 3.91. The molecule has 2 aromatic rings. The highest BCUT2D eigenvalue weighted by atomic mass is 32.2. The number of fused-ring (bicyclic) bond motifs is 1. The molecule has 0 spiro atoms. The monoisotopic (exact) mass is 427 g/mol. The van der Waals surface area contributed by atoms with Crippen molar-refractivity contribution in [1.82, 2.24) is 4.98 Å². The maximum absolute atomic E-state index is 9.39. The van der Waals surface area contributed by atoms with Crippen LogP contribution in [-0.4, -0.2) is 46.1 Å². The highest BCUT2D eigenvalue weighted by Gasteiger charge is 2.18. The zero-order chi connectivity index (χ0) is 21.2. The number of pyridine rings is 1. The summed E-state index contributed by atoms with van der Waals surface area (Å²) in [4.78, 5) is 9.71. The second-order valence-electron chi connectivity index (χ2n) is 7.30. The topological polar surface area (TPSA) is 81.5 Å². The fraction of sp³-hybridized carbons (Fsp3) is 0.167. The third-order valence-corrected chi connectivity index (χ3v) is 6.08. The van der Waals surface area contributed by atoms with Crippen LogP contribution in [0.15, 0.2) is 75.9 Å².